The number of piperazine rings is 1. The lowest BCUT2D eigenvalue weighted by molar-refractivity contribution is -0.132. The third-order valence-corrected chi connectivity index (χ3v) is 6.45. The van der Waals surface area contributed by atoms with Crippen LogP contribution in [0.5, 0.6) is 5.75 Å². The molecular formula is C18H28N2O4S. The van der Waals surface area contributed by atoms with Gasteiger partial charge in [0.15, 0.2) is 0 Å². The number of hydrogen-bond acceptors (Lipinski definition) is 4. The number of benzene rings is 1. The van der Waals surface area contributed by atoms with Gasteiger partial charge in [0, 0.05) is 32.6 Å². The second-order valence-electron chi connectivity index (χ2n) is 6.50. The largest absolute Gasteiger partial charge is 0.495 e. The monoisotopic (exact) mass is 368 g/mol. The third kappa shape index (κ3) is 4.33. The molecule has 0 N–H and O–H groups in total. The average Bonchev–Trinajstić information content (AvgIpc) is 2.59. The van der Waals surface area contributed by atoms with Crippen molar-refractivity contribution >= 4 is 15.9 Å². The van der Waals surface area contributed by atoms with Gasteiger partial charge in [0.05, 0.1) is 7.11 Å². The number of unbranched alkanes of at least 4 members (excludes halogenated alkanes) is 1. The molecular weight excluding hydrogens is 340 g/mol. The Balaban J connectivity index is 2.16. The molecule has 1 amide bonds. The summed E-state index contributed by atoms with van der Waals surface area (Å²) in [7, 11) is -2.16. The van der Waals surface area contributed by atoms with E-state index in [-0.39, 0.29) is 10.8 Å². The summed E-state index contributed by atoms with van der Waals surface area (Å²) in [6.07, 6.45) is 2.39. The number of methoxy groups -OCH3 is 1. The summed E-state index contributed by atoms with van der Waals surface area (Å²) < 4.78 is 32.9. The van der Waals surface area contributed by atoms with Crippen LogP contribution < -0.4 is 4.74 Å². The van der Waals surface area contributed by atoms with Crippen LogP contribution in [0, 0.1) is 13.8 Å². The Morgan fingerprint density at radius 2 is 1.80 bits per heavy atom. The molecule has 0 radical (unpaired) electrons. The number of hydrogen-bond donors (Lipinski definition) is 0. The molecule has 2 rings (SSSR count). The van der Waals surface area contributed by atoms with Gasteiger partial charge in [-0.3, -0.25) is 4.79 Å². The minimum atomic E-state index is -3.65. The van der Waals surface area contributed by atoms with E-state index in [1.807, 2.05) is 19.9 Å². The lowest BCUT2D eigenvalue weighted by Gasteiger charge is -2.34. The van der Waals surface area contributed by atoms with E-state index in [9.17, 15) is 13.2 Å². The van der Waals surface area contributed by atoms with Crippen LogP contribution in [0.15, 0.2) is 17.0 Å². The van der Waals surface area contributed by atoms with Crippen LogP contribution in [0.4, 0.5) is 0 Å². The van der Waals surface area contributed by atoms with E-state index in [1.165, 1.54) is 11.4 Å². The molecule has 1 fully saturated rings. The molecule has 0 aromatic heterocycles. The smallest absolute Gasteiger partial charge is 0.246 e. The summed E-state index contributed by atoms with van der Waals surface area (Å²) >= 11 is 0. The molecule has 6 nitrogen and oxygen atoms in total. The molecule has 1 aliphatic rings. The van der Waals surface area contributed by atoms with Gasteiger partial charge in [-0.25, -0.2) is 8.42 Å². The van der Waals surface area contributed by atoms with Crippen LogP contribution in [-0.2, 0) is 14.8 Å². The van der Waals surface area contributed by atoms with Gasteiger partial charge < -0.3 is 9.64 Å². The maximum atomic E-state index is 13.1. The number of carbonyl (C=O) groups excluding carboxylic acids is 1. The van der Waals surface area contributed by atoms with Crippen molar-refractivity contribution in [2.75, 3.05) is 33.3 Å². The van der Waals surface area contributed by atoms with E-state index in [0.29, 0.717) is 38.3 Å². The Bertz CT molecular complexity index is 723. The first-order valence-corrected chi connectivity index (χ1v) is 10.2. The van der Waals surface area contributed by atoms with Gasteiger partial charge in [0.25, 0.3) is 0 Å². The molecule has 25 heavy (non-hydrogen) atoms. The van der Waals surface area contributed by atoms with Crippen molar-refractivity contribution in [3.05, 3.63) is 23.3 Å². The van der Waals surface area contributed by atoms with Crippen LogP contribution >= 0.6 is 0 Å². The van der Waals surface area contributed by atoms with E-state index < -0.39 is 10.0 Å². The van der Waals surface area contributed by atoms with Gasteiger partial charge in [0.2, 0.25) is 15.9 Å². The predicted octanol–water partition coefficient (Wildman–Crippen LogP) is 2.34. The fourth-order valence-corrected chi connectivity index (χ4v) is 4.91. The van der Waals surface area contributed by atoms with Crippen LogP contribution in [0.1, 0.15) is 37.3 Å². The van der Waals surface area contributed by atoms with E-state index in [2.05, 4.69) is 6.92 Å². The molecule has 1 aromatic carbocycles. The topological polar surface area (TPSA) is 66.9 Å². The van der Waals surface area contributed by atoms with E-state index in [4.69, 9.17) is 4.74 Å². The molecule has 0 spiro atoms. The zero-order chi connectivity index (χ0) is 18.6. The third-order valence-electron chi connectivity index (χ3n) is 4.54. The summed E-state index contributed by atoms with van der Waals surface area (Å²) in [5.74, 6) is 0.509. The molecule has 7 heteroatoms. The first kappa shape index (κ1) is 19.7. The lowest BCUT2D eigenvalue weighted by atomic mass is 10.1. The number of carbonyl (C=O) groups is 1. The molecule has 0 bridgehead atoms. The van der Waals surface area contributed by atoms with Crippen LogP contribution in [0.2, 0.25) is 0 Å². The van der Waals surface area contributed by atoms with Crippen molar-refractivity contribution < 1.29 is 17.9 Å². The SMILES string of the molecule is CCCCC(=O)N1CCN(S(=O)(=O)c2cc(C)cc(C)c2OC)CC1. The van der Waals surface area contributed by atoms with Crippen molar-refractivity contribution in [1.82, 2.24) is 9.21 Å². The highest BCUT2D eigenvalue weighted by Gasteiger charge is 2.32. The number of aryl methyl sites for hydroxylation is 2. The molecule has 0 aliphatic carbocycles. The molecule has 0 atom stereocenters. The normalized spacial score (nSPS) is 16.1. The Kier molecular flexibility index (Phi) is 6.46. The van der Waals surface area contributed by atoms with Crippen molar-refractivity contribution in [2.45, 2.75) is 44.9 Å². The second kappa shape index (κ2) is 8.19. The molecule has 1 aliphatic heterocycles. The molecule has 140 valence electrons. The maximum absolute atomic E-state index is 13.1. The highest BCUT2D eigenvalue weighted by atomic mass is 32.2. The first-order chi connectivity index (χ1) is 11.8. The fraction of sp³-hybridized carbons (Fsp3) is 0.611. The van der Waals surface area contributed by atoms with Crippen molar-refractivity contribution in [3.8, 4) is 5.75 Å². The zero-order valence-corrected chi connectivity index (χ0v) is 16.4. The molecule has 0 saturated carbocycles. The van der Waals surface area contributed by atoms with Crippen molar-refractivity contribution in [1.29, 1.82) is 0 Å². The van der Waals surface area contributed by atoms with Crippen LogP contribution in [0.25, 0.3) is 0 Å². The van der Waals surface area contributed by atoms with Gasteiger partial charge in [-0.1, -0.05) is 19.4 Å². The van der Waals surface area contributed by atoms with Crippen LogP contribution in [0.3, 0.4) is 0 Å². The van der Waals surface area contributed by atoms with E-state index in [0.717, 1.165) is 24.0 Å². The lowest BCUT2D eigenvalue weighted by Crippen LogP contribution is -2.50. The summed E-state index contributed by atoms with van der Waals surface area (Å²) in [5, 5.41) is 0. The predicted molar refractivity (Wildman–Crippen MR) is 97.3 cm³/mol. The number of sulfonamides is 1. The first-order valence-electron chi connectivity index (χ1n) is 8.74. The van der Waals surface area contributed by atoms with E-state index >= 15 is 0 Å². The van der Waals surface area contributed by atoms with Crippen molar-refractivity contribution in [2.24, 2.45) is 0 Å². The summed E-state index contributed by atoms with van der Waals surface area (Å²) in [4.78, 5) is 14.1. The van der Waals surface area contributed by atoms with E-state index in [1.54, 1.807) is 11.0 Å². The number of rotatable bonds is 6. The summed E-state index contributed by atoms with van der Waals surface area (Å²) in [5.41, 5.74) is 1.68. The van der Waals surface area contributed by atoms with Gasteiger partial charge in [-0.05, 0) is 37.5 Å². The minimum Gasteiger partial charge on any atom is -0.495 e. The fourth-order valence-electron chi connectivity index (χ4n) is 3.17. The minimum absolute atomic E-state index is 0.114. The summed E-state index contributed by atoms with van der Waals surface area (Å²) in [6, 6.07) is 3.56. The Morgan fingerprint density at radius 1 is 1.16 bits per heavy atom. The zero-order valence-electron chi connectivity index (χ0n) is 15.5. The van der Waals surface area contributed by atoms with Gasteiger partial charge in [-0.15, -0.1) is 0 Å². The molecule has 1 aromatic rings. The van der Waals surface area contributed by atoms with Gasteiger partial charge in [0.1, 0.15) is 10.6 Å². The quantitative estimate of drug-likeness (QED) is 0.773. The van der Waals surface area contributed by atoms with Crippen molar-refractivity contribution in [3.63, 3.8) is 0 Å². The summed E-state index contributed by atoms with van der Waals surface area (Å²) in [6.45, 7) is 7.27. The Hall–Kier alpha value is -1.60. The van der Waals surface area contributed by atoms with Gasteiger partial charge in [-0.2, -0.15) is 4.31 Å². The Morgan fingerprint density at radius 3 is 2.36 bits per heavy atom. The van der Waals surface area contributed by atoms with Gasteiger partial charge >= 0.3 is 0 Å². The number of amides is 1. The number of nitrogens with zero attached hydrogens (tertiary/aromatic N) is 2. The Labute approximate surface area is 150 Å². The molecule has 1 saturated heterocycles. The molecule has 0 unspecified atom stereocenters. The van der Waals surface area contributed by atoms with Crippen LogP contribution in [-0.4, -0.2) is 56.8 Å². The second-order valence-corrected chi connectivity index (χ2v) is 8.41. The average molecular weight is 368 g/mol. The highest BCUT2D eigenvalue weighted by molar-refractivity contribution is 7.89. The maximum Gasteiger partial charge on any atom is 0.246 e. The molecule has 1 heterocycles. The standard InChI is InChI=1S/C18H28N2O4S/c1-5-6-7-17(21)19-8-10-20(11-9-19)25(22,23)16-13-14(2)12-15(3)18(16)24-4/h12-13H,5-11H2,1-4H3. The number of ether oxygens (including phenoxy) is 1. The highest BCUT2D eigenvalue weighted by Crippen LogP contribution is 2.31.